The Morgan fingerprint density at radius 1 is 1.10 bits per heavy atom. The number of carbonyl (C=O) groups is 2. The zero-order valence-electron chi connectivity index (χ0n) is 12.0. The lowest BCUT2D eigenvalue weighted by Crippen LogP contribution is -2.50. The molecule has 1 aromatic rings. The second kappa shape index (κ2) is 5.91. The highest BCUT2D eigenvalue weighted by molar-refractivity contribution is 9.10. The average molecular weight is 350 g/mol. The molecule has 0 bridgehead atoms. The van der Waals surface area contributed by atoms with Crippen LogP contribution in [-0.2, 0) is 9.59 Å². The van der Waals surface area contributed by atoms with Gasteiger partial charge in [0.15, 0.2) is 0 Å². The highest BCUT2D eigenvalue weighted by atomic mass is 79.9. The number of nitrogens with one attached hydrogen (secondary N) is 1. The summed E-state index contributed by atoms with van der Waals surface area (Å²) >= 11 is 3.49. The molecule has 1 aliphatic carbocycles. The van der Waals surface area contributed by atoms with Gasteiger partial charge in [0.2, 0.25) is 11.8 Å². The number of amides is 2. The van der Waals surface area contributed by atoms with Gasteiger partial charge in [-0.3, -0.25) is 14.9 Å². The van der Waals surface area contributed by atoms with E-state index in [1.54, 1.807) is 0 Å². The molecule has 3 rings (SSSR count). The maximum absolute atomic E-state index is 12.6. The Morgan fingerprint density at radius 3 is 2.48 bits per heavy atom. The first-order valence-corrected chi connectivity index (χ1v) is 8.49. The number of piperidine rings is 1. The SMILES string of the molecule is O=C1CC2(CCCCCC2)C(c2cccc(Br)c2)C(=O)N1. The van der Waals surface area contributed by atoms with Gasteiger partial charge in [-0.1, -0.05) is 53.7 Å². The third-order valence-corrected chi connectivity index (χ3v) is 5.42. The first-order valence-electron chi connectivity index (χ1n) is 7.70. The van der Waals surface area contributed by atoms with Crippen LogP contribution in [0.3, 0.4) is 0 Å². The van der Waals surface area contributed by atoms with E-state index in [-0.39, 0.29) is 23.1 Å². The van der Waals surface area contributed by atoms with Gasteiger partial charge in [-0.2, -0.15) is 0 Å². The molecule has 1 heterocycles. The van der Waals surface area contributed by atoms with Crippen molar-refractivity contribution in [2.24, 2.45) is 5.41 Å². The van der Waals surface area contributed by atoms with Crippen molar-refractivity contribution in [2.45, 2.75) is 50.9 Å². The number of hydrogen-bond acceptors (Lipinski definition) is 2. The van der Waals surface area contributed by atoms with Crippen LogP contribution in [0.2, 0.25) is 0 Å². The van der Waals surface area contributed by atoms with Crippen molar-refractivity contribution in [2.75, 3.05) is 0 Å². The van der Waals surface area contributed by atoms with Crippen molar-refractivity contribution in [3.05, 3.63) is 34.3 Å². The minimum Gasteiger partial charge on any atom is -0.296 e. The maximum Gasteiger partial charge on any atom is 0.234 e. The van der Waals surface area contributed by atoms with E-state index in [2.05, 4.69) is 21.2 Å². The lowest BCUT2D eigenvalue weighted by Gasteiger charge is -2.42. The lowest BCUT2D eigenvalue weighted by molar-refractivity contribution is -0.140. The van der Waals surface area contributed by atoms with Gasteiger partial charge in [0, 0.05) is 10.9 Å². The quantitative estimate of drug-likeness (QED) is 0.781. The van der Waals surface area contributed by atoms with Crippen molar-refractivity contribution in [1.29, 1.82) is 0 Å². The molecule has 1 saturated carbocycles. The van der Waals surface area contributed by atoms with E-state index in [9.17, 15) is 9.59 Å². The van der Waals surface area contributed by atoms with Gasteiger partial charge in [-0.05, 0) is 36.0 Å². The van der Waals surface area contributed by atoms with Crippen LogP contribution in [-0.4, -0.2) is 11.8 Å². The molecule has 1 spiro atoms. The summed E-state index contributed by atoms with van der Waals surface area (Å²) in [6.45, 7) is 0. The summed E-state index contributed by atoms with van der Waals surface area (Å²) in [4.78, 5) is 24.5. The van der Waals surface area contributed by atoms with E-state index in [4.69, 9.17) is 0 Å². The van der Waals surface area contributed by atoms with Gasteiger partial charge in [0.25, 0.3) is 0 Å². The maximum atomic E-state index is 12.6. The molecule has 0 aromatic heterocycles. The minimum atomic E-state index is -0.203. The van der Waals surface area contributed by atoms with Crippen LogP contribution in [0.25, 0.3) is 0 Å². The summed E-state index contributed by atoms with van der Waals surface area (Å²) in [7, 11) is 0. The van der Waals surface area contributed by atoms with Crippen LogP contribution in [0.5, 0.6) is 0 Å². The zero-order chi connectivity index (χ0) is 14.9. The Labute approximate surface area is 133 Å². The van der Waals surface area contributed by atoms with E-state index < -0.39 is 0 Å². The molecule has 1 unspecified atom stereocenters. The molecule has 2 amide bonds. The Morgan fingerprint density at radius 2 is 1.81 bits per heavy atom. The molecule has 2 fully saturated rings. The molecular weight excluding hydrogens is 330 g/mol. The van der Waals surface area contributed by atoms with Gasteiger partial charge in [0.1, 0.15) is 0 Å². The Bertz CT molecular complexity index is 562. The minimum absolute atomic E-state index is 0.104. The van der Waals surface area contributed by atoms with Gasteiger partial charge >= 0.3 is 0 Å². The molecule has 2 aliphatic rings. The van der Waals surface area contributed by atoms with Crippen molar-refractivity contribution in [1.82, 2.24) is 5.32 Å². The van der Waals surface area contributed by atoms with Crippen LogP contribution in [0.4, 0.5) is 0 Å². The number of halogens is 1. The van der Waals surface area contributed by atoms with Crippen molar-refractivity contribution in [3.63, 3.8) is 0 Å². The van der Waals surface area contributed by atoms with Crippen LogP contribution in [0.1, 0.15) is 56.4 Å². The molecule has 112 valence electrons. The number of hydrogen-bond donors (Lipinski definition) is 1. The van der Waals surface area contributed by atoms with E-state index in [1.807, 2.05) is 24.3 Å². The lowest BCUT2D eigenvalue weighted by atomic mass is 9.63. The van der Waals surface area contributed by atoms with Crippen LogP contribution in [0, 0.1) is 5.41 Å². The first kappa shape index (κ1) is 14.8. The Balaban J connectivity index is 2.03. The van der Waals surface area contributed by atoms with Crippen molar-refractivity contribution >= 4 is 27.7 Å². The highest BCUT2D eigenvalue weighted by Gasteiger charge is 2.48. The van der Waals surface area contributed by atoms with Gasteiger partial charge in [0.05, 0.1) is 5.92 Å². The monoisotopic (exact) mass is 349 g/mol. The normalized spacial score (nSPS) is 25.5. The summed E-state index contributed by atoms with van der Waals surface area (Å²) in [6.07, 6.45) is 7.09. The topological polar surface area (TPSA) is 46.2 Å². The number of imide groups is 1. The van der Waals surface area contributed by atoms with E-state index in [0.717, 1.165) is 35.7 Å². The third-order valence-electron chi connectivity index (χ3n) is 4.93. The van der Waals surface area contributed by atoms with Gasteiger partial charge < -0.3 is 0 Å². The summed E-state index contributed by atoms with van der Waals surface area (Å²) in [5, 5.41) is 2.55. The van der Waals surface area contributed by atoms with Crippen LogP contribution in [0.15, 0.2) is 28.7 Å². The summed E-state index contributed by atoms with van der Waals surface area (Å²) in [5.41, 5.74) is 0.841. The molecule has 4 heteroatoms. The fraction of sp³-hybridized carbons (Fsp3) is 0.529. The van der Waals surface area contributed by atoms with E-state index in [0.29, 0.717) is 6.42 Å². The summed E-state index contributed by atoms with van der Waals surface area (Å²) in [5.74, 6) is -0.426. The molecule has 21 heavy (non-hydrogen) atoms. The number of benzene rings is 1. The van der Waals surface area contributed by atoms with Crippen molar-refractivity contribution < 1.29 is 9.59 Å². The largest absolute Gasteiger partial charge is 0.296 e. The molecular formula is C17H20BrNO2. The van der Waals surface area contributed by atoms with Crippen molar-refractivity contribution in [3.8, 4) is 0 Å². The Kier molecular flexibility index (Phi) is 4.16. The predicted octanol–water partition coefficient (Wildman–Crippen LogP) is 3.92. The van der Waals surface area contributed by atoms with Gasteiger partial charge in [-0.25, -0.2) is 0 Å². The summed E-state index contributed by atoms with van der Waals surface area (Å²) in [6, 6.07) is 7.97. The molecule has 1 aromatic carbocycles. The third kappa shape index (κ3) is 2.91. The molecule has 1 N–H and O–H groups in total. The molecule has 1 saturated heterocycles. The van der Waals surface area contributed by atoms with E-state index >= 15 is 0 Å². The first-order chi connectivity index (χ1) is 10.1. The molecule has 3 nitrogen and oxygen atoms in total. The highest BCUT2D eigenvalue weighted by Crippen LogP contribution is 2.50. The summed E-state index contributed by atoms with van der Waals surface area (Å²) < 4.78 is 0.980. The fourth-order valence-electron chi connectivity index (χ4n) is 4.04. The standard InChI is InChI=1S/C17H20BrNO2/c18-13-7-5-6-12(10-13)15-16(21)19-14(20)11-17(15)8-3-1-2-4-9-17/h5-7,10,15H,1-4,8-9,11H2,(H,19,20,21). The second-order valence-corrected chi connectivity index (χ2v) is 7.27. The molecule has 1 aliphatic heterocycles. The zero-order valence-corrected chi connectivity index (χ0v) is 13.6. The molecule has 1 atom stereocenters. The predicted molar refractivity (Wildman–Crippen MR) is 84.8 cm³/mol. The average Bonchev–Trinajstić information content (AvgIpc) is 2.64. The van der Waals surface area contributed by atoms with Crippen LogP contribution >= 0.6 is 15.9 Å². The van der Waals surface area contributed by atoms with Crippen LogP contribution < -0.4 is 5.32 Å². The van der Waals surface area contributed by atoms with E-state index in [1.165, 1.54) is 12.8 Å². The second-order valence-electron chi connectivity index (χ2n) is 6.35. The smallest absolute Gasteiger partial charge is 0.234 e. The number of carbonyl (C=O) groups excluding carboxylic acids is 2. The van der Waals surface area contributed by atoms with Gasteiger partial charge in [-0.15, -0.1) is 0 Å². The fourth-order valence-corrected chi connectivity index (χ4v) is 4.46. The Hall–Kier alpha value is -1.16. The molecule has 0 radical (unpaired) electrons. The number of rotatable bonds is 1.